The molecule has 0 radical (unpaired) electrons. The van der Waals surface area contributed by atoms with Crippen LogP contribution in [0, 0.1) is 6.92 Å². The maximum absolute atomic E-state index is 12.6. The first kappa shape index (κ1) is 16.5. The van der Waals surface area contributed by atoms with Crippen LogP contribution < -0.4 is 0 Å². The van der Waals surface area contributed by atoms with Crippen LogP contribution in [-0.2, 0) is 17.5 Å². The van der Waals surface area contributed by atoms with Gasteiger partial charge in [0.25, 0.3) is 0 Å². The number of halogens is 3. The minimum absolute atomic E-state index is 0.0970. The summed E-state index contributed by atoms with van der Waals surface area (Å²) in [6, 6.07) is 0.971. The summed E-state index contributed by atoms with van der Waals surface area (Å²) in [5.74, 6) is -0.236. The van der Waals surface area contributed by atoms with E-state index in [1.807, 2.05) is 17.8 Å². The van der Waals surface area contributed by atoms with E-state index < -0.39 is 11.9 Å². The summed E-state index contributed by atoms with van der Waals surface area (Å²) >= 11 is 0. The van der Waals surface area contributed by atoms with Crippen LogP contribution in [0.15, 0.2) is 24.7 Å². The number of hydrogen-bond acceptors (Lipinski definition) is 3. The number of piperidine rings is 1. The number of alkyl halides is 3. The highest BCUT2D eigenvalue weighted by molar-refractivity contribution is 5.76. The standard InChI is InChI=1S/C15H18F3N5O/c1-11-7-19-23(8-11)12-3-2-5-21(9-12)14(24)10-22-6-4-13(20-22)15(16,17)18/h4,6-8,12H,2-3,5,9-10H2,1H3. The molecule has 1 atom stereocenters. The van der Waals surface area contributed by atoms with Gasteiger partial charge in [-0.3, -0.25) is 14.2 Å². The molecule has 1 fully saturated rings. The molecule has 0 aliphatic carbocycles. The third-order valence-corrected chi connectivity index (χ3v) is 4.08. The summed E-state index contributed by atoms with van der Waals surface area (Å²) in [4.78, 5) is 14.0. The first-order valence-electron chi connectivity index (χ1n) is 7.72. The van der Waals surface area contributed by atoms with Crippen LogP contribution in [0.4, 0.5) is 13.2 Å². The molecule has 0 bridgehead atoms. The predicted molar refractivity (Wildman–Crippen MR) is 79.0 cm³/mol. The zero-order valence-corrected chi connectivity index (χ0v) is 13.2. The molecule has 6 nitrogen and oxygen atoms in total. The topological polar surface area (TPSA) is 56.0 Å². The van der Waals surface area contributed by atoms with Crippen LogP contribution in [-0.4, -0.2) is 43.5 Å². The van der Waals surface area contributed by atoms with Crippen LogP contribution in [0.2, 0.25) is 0 Å². The Morgan fingerprint density at radius 1 is 1.42 bits per heavy atom. The van der Waals surface area contributed by atoms with Crippen molar-refractivity contribution < 1.29 is 18.0 Å². The van der Waals surface area contributed by atoms with Crippen molar-refractivity contribution in [1.29, 1.82) is 0 Å². The molecule has 1 aliphatic rings. The van der Waals surface area contributed by atoms with Crippen LogP contribution in [0.1, 0.15) is 30.1 Å². The molecular weight excluding hydrogens is 323 g/mol. The number of likely N-dealkylation sites (tertiary alicyclic amines) is 1. The number of hydrogen-bond donors (Lipinski definition) is 0. The van der Waals surface area contributed by atoms with E-state index in [9.17, 15) is 18.0 Å². The molecule has 1 aliphatic heterocycles. The van der Waals surface area contributed by atoms with Crippen LogP contribution in [0.3, 0.4) is 0 Å². The third kappa shape index (κ3) is 3.60. The Morgan fingerprint density at radius 3 is 2.83 bits per heavy atom. The van der Waals surface area contributed by atoms with Gasteiger partial charge >= 0.3 is 6.18 Å². The fourth-order valence-electron chi connectivity index (χ4n) is 2.87. The van der Waals surface area contributed by atoms with Gasteiger partial charge in [-0.1, -0.05) is 0 Å². The van der Waals surface area contributed by atoms with E-state index in [1.54, 1.807) is 11.1 Å². The molecule has 1 amide bonds. The first-order valence-corrected chi connectivity index (χ1v) is 7.72. The van der Waals surface area contributed by atoms with E-state index in [2.05, 4.69) is 10.2 Å². The molecule has 0 N–H and O–H groups in total. The highest BCUT2D eigenvalue weighted by atomic mass is 19.4. The lowest BCUT2D eigenvalue weighted by Crippen LogP contribution is -2.42. The van der Waals surface area contributed by atoms with Crippen molar-refractivity contribution in [3.63, 3.8) is 0 Å². The summed E-state index contributed by atoms with van der Waals surface area (Å²) in [5, 5.41) is 7.71. The van der Waals surface area contributed by atoms with Crippen molar-refractivity contribution in [3.8, 4) is 0 Å². The maximum Gasteiger partial charge on any atom is 0.435 e. The average Bonchev–Trinajstić information content (AvgIpc) is 3.16. The lowest BCUT2D eigenvalue weighted by molar-refractivity contribution is -0.142. The zero-order chi connectivity index (χ0) is 17.3. The van der Waals surface area contributed by atoms with Gasteiger partial charge in [0.1, 0.15) is 6.54 Å². The van der Waals surface area contributed by atoms with Crippen molar-refractivity contribution in [2.45, 2.75) is 38.5 Å². The Bertz CT molecular complexity index is 721. The van der Waals surface area contributed by atoms with Crippen LogP contribution in [0.5, 0.6) is 0 Å². The molecule has 1 saturated heterocycles. The first-order chi connectivity index (χ1) is 11.3. The van der Waals surface area contributed by atoms with Gasteiger partial charge in [0.15, 0.2) is 5.69 Å². The van der Waals surface area contributed by atoms with Crippen molar-refractivity contribution >= 4 is 5.91 Å². The lowest BCUT2D eigenvalue weighted by Gasteiger charge is -2.32. The van der Waals surface area contributed by atoms with E-state index in [0.717, 1.165) is 29.2 Å². The van der Waals surface area contributed by atoms with E-state index in [0.29, 0.717) is 13.1 Å². The minimum Gasteiger partial charge on any atom is -0.339 e. The van der Waals surface area contributed by atoms with Gasteiger partial charge in [0, 0.05) is 25.5 Å². The molecular formula is C15H18F3N5O. The number of carbonyl (C=O) groups excluding carboxylic acids is 1. The third-order valence-electron chi connectivity index (χ3n) is 4.08. The number of nitrogens with zero attached hydrogens (tertiary/aromatic N) is 5. The molecule has 9 heteroatoms. The Morgan fingerprint density at radius 2 is 2.21 bits per heavy atom. The fourth-order valence-corrected chi connectivity index (χ4v) is 2.87. The smallest absolute Gasteiger partial charge is 0.339 e. The highest BCUT2D eigenvalue weighted by Crippen LogP contribution is 2.27. The molecule has 0 saturated carbocycles. The van der Waals surface area contributed by atoms with Gasteiger partial charge in [0.2, 0.25) is 5.91 Å². The number of rotatable bonds is 3. The molecule has 2 aromatic heterocycles. The predicted octanol–water partition coefficient (Wildman–Crippen LogP) is 2.27. The Hall–Kier alpha value is -2.32. The molecule has 1 unspecified atom stereocenters. The Kier molecular flexibility index (Phi) is 4.33. The summed E-state index contributed by atoms with van der Waals surface area (Å²) in [6.45, 7) is 2.86. The zero-order valence-electron chi connectivity index (χ0n) is 13.2. The summed E-state index contributed by atoms with van der Waals surface area (Å²) in [7, 11) is 0. The van der Waals surface area contributed by atoms with Crippen molar-refractivity contribution in [2.24, 2.45) is 0 Å². The molecule has 2 aromatic rings. The van der Waals surface area contributed by atoms with E-state index >= 15 is 0 Å². The second kappa shape index (κ2) is 6.29. The molecule has 130 valence electrons. The maximum atomic E-state index is 12.6. The van der Waals surface area contributed by atoms with Crippen molar-refractivity contribution in [2.75, 3.05) is 13.1 Å². The number of aromatic nitrogens is 4. The normalized spacial score (nSPS) is 18.8. The van der Waals surface area contributed by atoms with Gasteiger partial charge in [-0.2, -0.15) is 23.4 Å². The van der Waals surface area contributed by atoms with Crippen molar-refractivity contribution in [3.05, 3.63) is 35.9 Å². The molecule has 24 heavy (non-hydrogen) atoms. The Balaban J connectivity index is 1.63. The van der Waals surface area contributed by atoms with Gasteiger partial charge in [-0.05, 0) is 31.4 Å². The second-order valence-electron chi connectivity index (χ2n) is 6.03. The van der Waals surface area contributed by atoms with Crippen LogP contribution >= 0.6 is 0 Å². The van der Waals surface area contributed by atoms with Gasteiger partial charge in [0.05, 0.1) is 12.2 Å². The monoisotopic (exact) mass is 341 g/mol. The largest absolute Gasteiger partial charge is 0.435 e. The van der Waals surface area contributed by atoms with Gasteiger partial charge in [-0.15, -0.1) is 0 Å². The summed E-state index contributed by atoms with van der Waals surface area (Å²) in [5.41, 5.74) is 0.0634. The second-order valence-corrected chi connectivity index (χ2v) is 6.03. The number of carbonyl (C=O) groups is 1. The van der Waals surface area contributed by atoms with Gasteiger partial charge < -0.3 is 4.90 Å². The highest BCUT2D eigenvalue weighted by Gasteiger charge is 2.34. The average molecular weight is 341 g/mol. The molecule has 0 spiro atoms. The number of aryl methyl sites for hydroxylation is 1. The molecule has 3 rings (SSSR count). The van der Waals surface area contributed by atoms with Crippen molar-refractivity contribution in [1.82, 2.24) is 24.5 Å². The SMILES string of the molecule is Cc1cnn(C2CCCN(C(=O)Cn3ccc(C(F)(F)F)n3)C2)c1. The summed E-state index contributed by atoms with van der Waals surface area (Å²) in [6.07, 6.45) is 2.14. The molecule has 0 aromatic carbocycles. The molecule has 3 heterocycles. The number of amides is 1. The van der Waals surface area contributed by atoms with E-state index in [-0.39, 0.29) is 18.5 Å². The minimum atomic E-state index is -4.50. The summed E-state index contributed by atoms with van der Waals surface area (Å²) < 4.78 is 40.5. The van der Waals surface area contributed by atoms with E-state index in [4.69, 9.17) is 0 Å². The van der Waals surface area contributed by atoms with Crippen LogP contribution in [0.25, 0.3) is 0 Å². The Labute approximate surface area is 136 Å². The lowest BCUT2D eigenvalue weighted by atomic mass is 10.1. The fraction of sp³-hybridized carbons (Fsp3) is 0.533. The van der Waals surface area contributed by atoms with Gasteiger partial charge in [-0.25, -0.2) is 0 Å². The van der Waals surface area contributed by atoms with E-state index in [1.165, 1.54) is 6.20 Å². The quantitative estimate of drug-likeness (QED) is 0.861.